The minimum absolute atomic E-state index is 0.593. The molecule has 68 valence electrons. The smallest absolute Gasteiger partial charge is 0.138 e. The number of benzene rings is 1. The van der Waals surface area contributed by atoms with Gasteiger partial charge in [-0.3, -0.25) is 0 Å². The molecule has 0 bridgehead atoms. The van der Waals surface area contributed by atoms with Crippen molar-refractivity contribution in [1.29, 1.82) is 5.26 Å². The summed E-state index contributed by atoms with van der Waals surface area (Å²) in [5.41, 5.74) is 1.35. The highest BCUT2D eigenvalue weighted by molar-refractivity contribution is 14.1. The second-order valence-corrected chi connectivity index (χ2v) is 3.86. The van der Waals surface area contributed by atoms with Crippen molar-refractivity contribution >= 4 is 22.6 Å². The summed E-state index contributed by atoms with van der Waals surface area (Å²) in [6, 6.07) is 7.68. The van der Waals surface area contributed by atoms with Gasteiger partial charge in [0.25, 0.3) is 0 Å². The van der Waals surface area contributed by atoms with Crippen molar-refractivity contribution in [3.63, 3.8) is 0 Å². The summed E-state index contributed by atoms with van der Waals surface area (Å²) in [6.07, 6.45) is 3.02. The van der Waals surface area contributed by atoms with E-state index in [9.17, 15) is 0 Å². The lowest BCUT2D eigenvalue weighted by molar-refractivity contribution is 0.875. The van der Waals surface area contributed by atoms with E-state index in [1.807, 2.05) is 12.1 Å². The van der Waals surface area contributed by atoms with Crippen molar-refractivity contribution < 1.29 is 0 Å². The monoisotopic (exact) mass is 296 g/mol. The van der Waals surface area contributed by atoms with Crippen LogP contribution >= 0.6 is 22.6 Å². The van der Waals surface area contributed by atoms with E-state index in [0.717, 1.165) is 9.26 Å². The molecule has 1 aromatic heterocycles. The molecule has 14 heavy (non-hydrogen) atoms. The Kier molecular flexibility index (Phi) is 2.45. The average molecular weight is 296 g/mol. The maximum absolute atomic E-state index is 8.89. The van der Waals surface area contributed by atoms with Crippen molar-refractivity contribution in [1.82, 2.24) is 14.8 Å². The molecule has 0 atom stereocenters. The van der Waals surface area contributed by atoms with Crippen LogP contribution in [0.15, 0.2) is 30.9 Å². The second kappa shape index (κ2) is 3.75. The number of nitriles is 1. The molecule has 0 N–H and O–H groups in total. The normalized spacial score (nSPS) is 9.71. The Morgan fingerprint density at radius 2 is 2.29 bits per heavy atom. The van der Waals surface area contributed by atoms with Gasteiger partial charge in [0.2, 0.25) is 0 Å². The van der Waals surface area contributed by atoms with Gasteiger partial charge in [-0.1, -0.05) is 0 Å². The van der Waals surface area contributed by atoms with Crippen molar-refractivity contribution in [3.8, 4) is 11.8 Å². The van der Waals surface area contributed by atoms with E-state index >= 15 is 0 Å². The molecule has 0 fully saturated rings. The predicted molar refractivity (Wildman–Crippen MR) is 58.8 cm³/mol. The summed E-state index contributed by atoms with van der Waals surface area (Å²) in [4.78, 5) is 3.84. The minimum Gasteiger partial charge on any atom is -0.223 e. The van der Waals surface area contributed by atoms with Gasteiger partial charge in [0.1, 0.15) is 18.7 Å². The van der Waals surface area contributed by atoms with Crippen LogP contribution in [0, 0.1) is 14.9 Å². The molecule has 0 saturated carbocycles. The average Bonchev–Trinajstić information content (AvgIpc) is 2.70. The van der Waals surface area contributed by atoms with E-state index in [2.05, 4.69) is 38.7 Å². The fourth-order valence-electron chi connectivity index (χ4n) is 1.12. The van der Waals surface area contributed by atoms with E-state index in [0.29, 0.717) is 5.56 Å². The highest BCUT2D eigenvalue weighted by Crippen LogP contribution is 2.16. The van der Waals surface area contributed by atoms with Crippen LogP contribution in [0.1, 0.15) is 5.56 Å². The van der Waals surface area contributed by atoms with Crippen LogP contribution in [0.4, 0.5) is 0 Å². The first kappa shape index (κ1) is 9.15. The summed E-state index contributed by atoms with van der Waals surface area (Å²) in [5, 5.41) is 12.9. The lowest BCUT2D eigenvalue weighted by atomic mass is 10.2. The molecule has 0 saturated heterocycles. The fraction of sp³-hybridized carbons (Fsp3) is 0. The number of hydrogen-bond donors (Lipinski definition) is 0. The summed E-state index contributed by atoms with van der Waals surface area (Å²) < 4.78 is 2.65. The summed E-state index contributed by atoms with van der Waals surface area (Å²) in [7, 11) is 0. The lowest BCUT2D eigenvalue weighted by Crippen LogP contribution is -1.98. The number of halogens is 1. The fourth-order valence-corrected chi connectivity index (χ4v) is 1.60. The molecular formula is C9H5IN4. The molecule has 1 aromatic carbocycles. The van der Waals surface area contributed by atoms with Crippen molar-refractivity contribution in [2.75, 3.05) is 0 Å². The molecule has 0 aliphatic carbocycles. The molecular weight excluding hydrogens is 291 g/mol. The van der Waals surface area contributed by atoms with Gasteiger partial charge in [0.05, 0.1) is 11.3 Å². The van der Waals surface area contributed by atoms with E-state index in [1.165, 1.54) is 6.33 Å². The summed E-state index contributed by atoms with van der Waals surface area (Å²) >= 11 is 2.19. The van der Waals surface area contributed by atoms with Gasteiger partial charge in [0.15, 0.2) is 0 Å². The third-order valence-electron chi connectivity index (χ3n) is 1.75. The van der Waals surface area contributed by atoms with Crippen molar-refractivity contribution in [2.24, 2.45) is 0 Å². The van der Waals surface area contributed by atoms with Gasteiger partial charge in [-0.25, -0.2) is 9.67 Å². The van der Waals surface area contributed by atoms with E-state index in [1.54, 1.807) is 17.1 Å². The zero-order valence-electron chi connectivity index (χ0n) is 7.05. The zero-order chi connectivity index (χ0) is 9.97. The van der Waals surface area contributed by atoms with Gasteiger partial charge in [-0.2, -0.15) is 10.4 Å². The Morgan fingerprint density at radius 3 is 2.93 bits per heavy atom. The molecule has 0 aliphatic heterocycles. The Balaban J connectivity index is 2.63. The van der Waals surface area contributed by atoms with Gasteiger partial charge >= 0.3 is 0 Å². The van der Waals surface area contributed by atoms with Crippen LogP contribution in [-0.2, 0) is 0 Å². The van der Waals surface area contributed by atoms with Gasteiger partial charge in [-0.15, -0.1) is 0 Å². The van der Waals surface area contributed by atoms with Crippen molar-refractivity contribution in [2.45, 2.75) is 0 Å². The molecule has 1 heterocycles. The molecule has 0 radical (unpaired) electrons. The molecule has 0 unspecified atom stereocenters. The van der Waals surface area contributed by atoms with Crippen LogP contribution in [0.25, 0.3) is 5.69 Å². The quantitative estimate of drug-likeness (QED) is 0.753. The third kappa shape index (κ3) is 1.61. The first-order valence-corrected chi connectivity index (χ1v) is 4.94. The molecule has 0 aliphatic rings. The Morgan fingerprint density at radius 1 is 1.43 bits per heavy atom. The standard InChI is InChI=1S/C9H5IN4/c10-8-2-1-7(4-11)9(3-8)14-6-12-5-13-14/h1-3,5-6H. The SMILES string of the molecule is N#Cc1ccc(I)cc1-n1cncn1. The lowest BCUT2D eigenvalue weighted by Gasteiger charge is -2.02. The predicted octanol–water partition coefficient (Wildman–Crippen LogP) is 1.74. The zero-order valence-corrected chi connectivity index (χ0v) is 9.21. The first-order chi connectivity index (χ1) is 6.81. The largest absolute Gasteiger partial charge is 0.223 e. The molecule has 2 aromatic rings. The molecule has 2 rings (SSSR count). The van der Waals surface area contributed by atoms with E-state index < -0.39 is 0 Å². The second-order valence-electron chi connectivity index (χ2n) is 2.61. The van der Waals surface area contributed by atoms with E-state index in [-0.39, 0.29) is 0 Å². The summed E-state index contributed by atoms with van der Waals surface area (Å²) in [5.74, 6) is 0. The summed E-state index contributed by atoms with van der Waals surface area (Å²) in [6.45, 7) is 0. The maximum Gasteiger partial charge on any atom is 0.138 e. The van der Waals surface area contributed by atoms with Crippen molar-refractivity contribution in [3.05, 3.63) is 40.0 Å². The molecule has 0 amide bonds. The van der Waals surface area contributed by atoms with Crippen LogP contribution in [0.5, 0.6) is 0 Å². The topological polar surface area (TPSA) is 54.5 Å². The van der Waals surface area contributed by atoms with Crippen LogP contribution < -0.4 is 0 Å². The van der Waals surface area contributed by atoms with Gasteiger partial charge in [-0.05, 0) is 40.8 Å². The third-order valence-corrected chi connectivity index (χ3v) is 2.42. The molecule has 0 spiro atoms. The number of aromatic nitrogens is 3. The Labute approximate surface area is 94.3 Å². The van der Waals surface area contributed by atoms with Crippen LogP contribution in [0.3, 0.4) is 0 Å². The Bertz CT molecular complexity index is 484. The minimum atomic E-state index is 0.593. The molecule has 4 nitrogen and oxygen atoms in total. The highest BCUT2D eigenvalue weighted by atomic mass is 127. The number of nitrogens with zero attached hydrogens (tertiary/aromatic N) is 4. The maximum atomic E-state index is 8.89. The highest BCUT2D eigenvalue weighted by Gasteiger charge is 2.04. The number of rotatable bonds is 1. The number of hydrogen-bond acceptors (Lipinski definition) is 3. The first-order valence-electron chi connectivity index (χ1n) is 3.86. The van der Waals surface area contributed by atoms with Crippen LogP contribution in [0.2, 0.25) is 0 Å². The van der Waals surface area contributed by atoms with E-state index in [4.69, 9.17) is 5.26 Å². The van der Waals surface area contributed by atoms with Gasteiger partial charge in [0, 0.05) is 3.57 Å². The van der Waals surface area contributed by atoms with Crippen LogP contribution in [-0.4, -0.2) is 14.8 Å². The Hall–Kier alpha value is -1.42. The molecule has 5 heteroatoms. The van der Waals surface area contributed by atoms with Gasteiger partial charge < -0.3 is 0 Å².